The lowest BCUT2D eigenvalue weighted by molar-refractivity contribution is -0.140. The predicted molar refractivity (Wildman–Crippen MR) is 145 cm³/mol. The van der Waals surface area contributed by atoms with E-state index in [4.69, 9.17) is 9.72 Å². The zero-order valence-electron chi connectivity index (χ0n) is 22.3. The number of benzene rings is 1. The maximum atomic E-state index is 12.1. The van der Waals surface area contributed by atoms with Gasteiger partial charge in [-0.05, 0) is 55.9 Å². The van der Waals surface area contributed by atoms with E-state index in [1.54, 1.807) is 23.3 Å². The number of nitrogens with one attached hydrogen (secondary N) is 1. The van der Waals surface area contributed by atoms with E-state index in [2.05, 4.69) is 33.4 Å². The van der Waals surface area contributed by atoms with Crippen LogP contribution in [0.1, 0.15) is 44.7 Å². The van der Waals surface area contributed by atoms with Gasteiger partial charge < -0.3 is 15.2 Å². The number of pyridine rings is 1. The van der Waals surface area contributed by atoms with Crippen LogP contribution in [0.15, 0.2) is 55.1 Å². The molecule has 0 aliphatic heterocycles. The molecule has 0 spiro atoms. The molecule has 3 aromatic heterocycles. The lowest BCUT2D eigenvalue weighted by Crippen LogP contribution is -2.23. The van der Waals surface area contributed by atoms with Gasteiger partial charge >= 0.3 is 5.97 Å². The molecule has 2 atom stereocenters. The molecule has 0 saturated heterocycles. The molecule has 1 saturated carbocycles. The van der Waals surface area contributed by atoms with E-state index in [0.29, 0.717) is 18.1 Å². The van der Waals surface area contributed by atoms with Gasteiger partial charge in [-0.2, -0.15) is 10.1 Å². The van der Waals surface area contributed by atoms with Gasteiger partial charge in [0.25, 0.3) is 0 Å². The molecule has 9 nitrogen and oxygen atoms in total. The van der Waals surface area contributed by atoms with Crippen LogP contribution < -0.4 is 10.1 Å². The summed E-state index contributed by atoms with van der Waals surface area (Å²) in [6.45, 7) is 7.93. The van der Waals surface area contributed by atoms with Crippen LogP contribution in [0.3, 0.4) is 0 Å². The number of anilines is 2. The maximum Gasteiger partial charge on any atom is 0.314 e. The Morgan fingerprint density at radius 3 is 2.61 bits per heavy atom. The SMILES string of the molecule is CCC1CC1(C(=O)O)c1ccc(-c2ccc(-c3cnn(C)c3Nc3cncc(OC(C)C)n3)nc2)cc1C. The number of hydrogen-bond acceptors (Lipinski definition) is 7. The van der Waals surface area contributed by atoms with Gasteiger partial charge in [0.2, 0.25) is 5.88 Å². The van der Waals surface area contributed by atoms with Crippen molar-refractivity contribution >= 4 is 17.6 Å². The van der Waals surface area contributed by atoms with E-state index in [1.807, 2.05) is 58.3 Å². The normalized spacial score (nSPS) is 18.4. The zero-order valence-corrected chi connectivity index (χ0v) is 22.3. The van der Waals surface area contributed by atoms with Gasteiger partial charge in [-0.1, -0.05) is 37.6 Å². The molecule has 1 aliphatic carbocycles. The molecule has 196 valence electrons. The van der Waals surface area contributed by atoms with Crippen molar-refractivity contribution in [1.29, 1.82) is 0 Å². The highest BCUT2D eigenvalue weighted by Gasteiger charge is 2.60. The molecule has 1 aliphatic rings. The second kappa shape index (κ2) is 9.89. The van der Waals surface area contributed by atoms with Crippen LogP contribution in [-0.2, 0) is 17.3 Å². The van der Waals surface area contributed by atoms with Crippen LogP contribution in [0.25, 0.3) is 22.4 Å². The summed E-state index contributed by atoms with van der Waals surface area (Å²) in [6.07, 6.45) is 8.37. The molecule has 0 amide bonds. The summed E-state index contributed by atoms with van der Waals surface area (Å²) in [6, 6.07) is 10.0. The van der Waals surface area contributed by atoms with Crippen molar-refractivity contribution in [2.24, 2.45) is 13.0 Å². The number of rotatable bonds is 9. The van der Waals surface area contributed by atoms with Gasteiger partial charge in [-0.3, -0.25) is 19.4 Å². The van der Waals surface area contributed by atoms with Gasteiger partial charge in [0.1, 0.15) is 5.82 Å². The minimum Gasteiger partial charge on any atom is -0.481 e. The number of aliphatic carboxylic acids is 1. The van der Waals surface area contributed by atoms with Crippen LogP contribution in [0.5, 0.6) is 5.88 Å². The fourth-order valence-corrected chi connectivity index (χ4v) is 5.20. The van der Waals surface area contributed by atoms with Crippen molar-refractivity contribution in [2.75, 3.05) is 5.32 Å². The Morgan fingerprint density at radius 1 is 1.18 bits per heavy atom. The Labute approximate surface area is 221 Å². The van der Waals surface area contributed by atoms with Crippen molar-refractivity contribution in [2.45, 2.75) is 52.1 Å². The fourth-order valence-electron chi connectivity index (χ4n) is 5.20. The Kier molecular flexibility index (Phi) is 6.60. The number of carboxylic acids is 1. The Balaban J connectivity index is 1.39. The Bertz CT molecular complexity index is 1480. The summed E-state index contributed by atoms with van der Waals surface area (Å²) in [5.74, 6) is 1.19. The van der Waals surface area contributed by atoms with Crippen LogP contribution in [0, 0.1) is 12.8 Å². The number of carboxylic acid groups (broad SMARTS) is 1. The molecule has 1 fully saturated rings. The first-order chi connectivity index (χ1) is 18.2. The molecular weight excluding hydrogens is 480 g/mol. The summed E-state index contributed by atoms with van der Waals surface area (Å²) in [7, 11) is 1.85. The molecule has 2 N–H and O–H groups in total. The van der Waals surface area contributed by atoms with Crippen LogP contribution in [0.2, 0.25) is 0 Å². The second-order valence-corrected chi connectivity index (χ2v) is 10.1. The first-order valence-corrected chi connectivity index (χ1v) is 12.8. The van der Waals surface area contributed by atoms with Gasteiger partial charge in [0.15, 0.2) is 5.82 Å². The van der Waals surface area contributed by atoms with E-state index in [-0.39, 0.29) is 12.0 Å². The summed E-state index contributed by atoms with van der Waals surface area (Å²) in [5.41, 5.74) is 4.71. The number of nitrogens with zero attached hydrogens (tertiary/aromatic N) is 5. The number of aromatic nitrogens is 5. The first-order valence-electron chi connectivity index (χ1n) is 12.8. The molecule has 5 rings (SSSR count). The van der Waals surface area contributed by atoms with Gasteiger partial charge in [-0.25, -0.2) is 0 Å². The van der Waals surface area contributed by atoms with Gasteiger partial charge in [0.05, 0.1) is 41.4 Å². The molecular formula is C29H32N6O3. The minimum atomic E-state index is -0.742. The van der Waals surface area contributed by atoms with Crippen LogP contribution in [-0.4, -0.2) is 41.9 Å². The van der Waals surface area contributed by atoms with Crippen molar-refractivity contribution in [1.82, 2.24) is 24.7 Å². The third kappa shape index (κ3) is 4.60. The number of carbonyl (C=O) groups is 1. The molecule has 0 radical (unpaired) electrons. The number of ether oxygens (including phenoxy) is 1. The Morgan fingerprint density at radius 2 is 1.97 bits per heavy atom. The summed E-state index contributed by atoms with van der Waals surface area (Å²) >= 11 is 0. The van der Waals surface area contributed by atoms with Gasteiger partial charge in [-0.15, -0.1) is 0 Å². The fraction of sp³-hybridized carbons (Fsp3) is 0.345. The molecule has 4 aromatic rings. The molecule has 2 unspecified atom stereocenters. The lowest BCUT2D eigenvalue weighted by Gasteiger charge is -2.17. The molecule has 3 heterocycles. The second-order valence-electron chi connectivity index (χ2n) is 10.1. The van der Waals surface area contributed by atoms with E-state index in [1.165, 1.54) is 0 Å². The third-order valence-corrected chi connectivity index (χ3v) is 7.21. The highest BCUT2D eigenvalue weighted by molar-refractivity contribution is 5.87. The van der Waals surface area contributed by atoms with Gasteiger partial charge in [0, 0.05) is 18.8 Å². The smallest absolute Gasteiger partial charge is 0.314 e. The monoisotopic (exact) mass is 512 g/mol. The first kappa shape index (κ1) is 25.4. The molecule has 9 heteroatoms. The summed E-state index contributed by atoms with van der Waals surface area (Å²) in [4.78, 5) is 25.5. The van der Waals surface area contributed by atoms with E-state index >= 15 is 0 Å². The maximum absolute atomic E-state index is 12.1. The third-order valence-electron chi connectivity index (χ3n) is 7.21. The standard InChI is InChI=1S/C29H32N6O3/c1-6-21-12-29(21,28(36)37)23-9-7-19(11-18(23)4)20-8-10-24(31-13-20)22-14-32-35(5)27(22)34-25-15-30-16-26(33-25)38-17(2)3/h7-11,13-17,21H,6,12H2,1-5H3,(H,33,34)(H,36,37). The Hall–Kier alpha value is -4.27. The van der Waals surface area contributed by atoms with Crippen LogP contribution in [0.4, 0.5) is 11.6 Å². The molecule has 1 aromatic carbocycles. The molecule has 0 bridgehead atoms. The molecule has 38 heavy (non-hydrogen) atoms. The van der Waals surface area contributed by atoms with Crippen molar-refractivity contribution in [3.8, 4) is 28.3 Å². The van der Waals surface area contributed by atoms with E-state index in [0.717, 1.165) is 45.7 Å². The predicted octanol–water partition coefficient (Wildman–Crippen LogP) is 5.53. The van der Waals surface area contributed by atoms with Crippen LogP contribution >= 0.6 is 0 Å². The highest BCUT2D eigenvalue weighted by atomic mass is 16.5. The summed E-state index contributed by atoms with van der Waals surface area (Å²) < 4.78 is 7.38. The van der Waals surface area contributed by atoms with Crippen molar-refractivity contribution < 1.29 is 14.6 Å². The zero-order chi connectivity index (χ0) is 27.0. The number of aryl methyl sites for hydroxylation is 2. The lowest BCUT2D eigenvalue weighted by atomic mass is 9.87. The van der Waals surface area contributed by atoms with E-state index < -0.39 is 11.4 Å². The summed E-state index contributed by atoms with van der Waals surface area (Å²) in [5, 5.41) is 17.6. The quantitative estimate of drug-likeness (QED) is 0.301. The van der Waals surface area contributed by atoms with E-state index in [9.17, 15) is 9.90 Å². The van der Waals surface area contributed by atoms with Crippen molar-refractivity contribution in [3.63, 3.8) is 0 Å². The average molecular weight is 513 g/mol. The van der Waals surface area contributed by atoms with Crippen molar-refractivity contribution in [3.05, 3.63) is 66.2 Å². The minimum absolute atomic E-state index is 0.00484. The number of hydrogen-bond donors (Lipinski definition) is 2. The largest absolute Gasteiger partial charge is 0.481 e. The highest BCUT2D eigenvalue weighted by Crippen LogP contribution is 2.57. The topological polar surface area (TPSA) is 115 Å². The average Bonchev–Trinajstić information content (AvgIpc) is 3.54.